The fourth-order valence-electron chi connectivity index (χ4n) is 3.15. The SMILES string of the molecule is Cc1ccc(C2NC(C(C)C)C(=O)N2CC2CCCS2)s1. The Bertz CT molecular complexity index is 508. The zero-order valence-corrected chi connectivity index (χ0v) is 14.6. The van der Waals surface area contributed by atoms with Crippen molar-refractivity contribution in [2.24, 2.45) is 5.92 Å². The van der Waals surface area contributed by atoms with E-state index in [2.05, 4.69) is 43.1 Å². The van der Waals surface area contributed by atoms with Crippen LogP contribution in [0.2, 0.25) is 0 Å². The molecule has 3 unspecified atom stereocenters. The minimum atomic E-state index is -0.0381. The third-order valence-electron chi connectivity index (χ3n) is 4.32. The Morgan fingerprint density at radius 1 is 1.43 bits per heavy atom. The number of rotatable bonds is 4. The summed E-state index contributed by atoms with van der Waals surface area (Å²) in [4.78, 5) is 17.5. The first-order valence-corrected chi connectivity index (χ1v) is 9.67. The van der Waals surface area contributed by atoms with Crippen molar-refractivity contribution in [3.8, 4) is 0 Å². The van der Waals surface area contributed by atoms with Gasteiger partial charge in [0.2, 0.25) is 5.91 Å². The van der Waals surface area contributed by atoms with Crippen LogP contribution in [-0.4, -0.2) is 34.4 Å². The van der Waals surface area contributed by atoms with Gasteiger partial charge in [-0.1, -0.05) is 13.8 Å². The number of thioether (sulfide) groups is 1. The van der Waals surface area contributed by atoms with Crippen LogP contribution in [0, 0.1) is 12.8 Å². The maximum atomic E-state index is 12.8. The standard InChI is InChI=1S/C16H24N2OS2/c1-10(2)14-16(19)18(9-12-5-4-8-20-12)15(17-14)13-7-6-11(3)21-13/h6-7,10,12,14-15,17H,4-5,8-9H2,1-3H3. The fourth-order valence-corrected chi connectivity index (χ4v) is 5.37. The molecule has 2 aliphatic heterocycles. The molecule has 0 bridgehead atoms. The lowest BCUT2D eigenvalue weighted by Gasteiger charge is -2.26. The molecule has 1 aromatic rings. The Hall–Kier alpha value is -0.520. The van der Waals surface area contributed by atoms with Crippen LogP contribution in [0.1, 0.15) is 42.6 Å². The van der Waals surface area contributed by atoms with Crippen LogP contribution in [-0.2, 0) is 4.79 Å². The average Bonchev–Trinajstić information content (AvgIpc) is 3.13. The van der Waals surface area contributed by atoms with Gasteiger partial charge >= 0.3 is 0 Å². The van der Waals surface area contributed by atoms with Crippen molar-refractivity contribution in [3.05, 3.63) is 21.9 Å². The van der Waals surface area contributed by atoms with Crippen LogP contribution >= 0.6 is 23.1 Å². The van der Waals surface area contributed by atoms with Gasteiger partial charge in [-0.3, -0.25) is 10.1 Å². The number of hydrogen-bond donors (Lipinski definition) is 1. The van der Waals surface area contributed by atoms with Gasteiger partial charge in [0.25, 0.3) is 0 Å². The first-order valence-electron chi connectivity index (χ1n) is 7.80. The maximum Gasteiger partial charge on any atom is 0.241 e. The van der Waals surface area contributed by atoms with Crippen molar-refractivity contribution >= 4 is 29.0 Å². The number of amides is 1. The molecule has 2 fully saturated rings. The zero-order chi connectivity index (χ0) is 15.0. The molecule has 3 nitrogen and oxygen atoms in total. The van der Waals surface area contributed by atoms with Gasteiger partial charge in [0, 0.05) is 21.5 Å². The van der Waals surface area contributed by atoms with E-state index < -0.39 is 0 Å². The molecule has 3 rings (SSSR count). The van der Waals surface area contributed by atoms with E-state index in [1.165, 1.54) is 28.3 Å². The van der Waals surface area contributed by atoms with Crippen LogP contribution in [0.4, 0.5) is 0 Å². The second-order valence-electron chi connectivity index (χ2n) is 6.36. The summed E-state index contributed by atoms with van der Waals surface area (Å²) in [5.41, 5.74) is 0. The van der Waals surface area contributed by atoms with E-state index in [-0.39, 0.29) is 18.1 Å². The zero-order valence-electron chi connectivity index (χ0n) is 13.0. The Kier molecular flexibility index (Phi) is 4.62. The third kappa shape index (κ3) is 3.15. The van der Waals surface area contributed by atoms with Crippen molar-refractivity contribution in [3.63, 3.8) is 0 Å². The number of nitrogens with one attached hydrogen (secondary N) is 1. The predicted octanol–water partition coefficient (Wildman–Crippen LogP) is 3.41. The highest BCUT2D eigenvalue weighted by atomic mass is 32.2. The molecule has 116 valence electrons. The summed E-state index contributed by atoms with van der Waals surface area (Å²) in [7, 11) is 0. The van der Waals surface area contributed by atoms with Crippen LogP contribution in [0.5, 0.6) is 0 Å². The van der Waals surface area contributed by atoms with Gasteiger partial charge in [0.15, 0.2) is 0 Å². The number of nitrogens with zero attached hydrogens (tertiary/aromatic N) is 1. The summed E-state index contributed by atoms with van der Waals surface area (Å²) < 4.78 is 0. The minimum Gasteiger partial charge on any atom is -0.320 e. The Labute approximate surface area is 135 Å². The number of carbonyl (C=O) groups is 1. The second-order valence-corrected chi connectivity index (χ2v) is 9.09. The Balaban J connectivity index is 1.82. The monoisotopic (exact) mass is 324 g/mol. The van der Waals surface area contributed by atoms with Gasteiger partial charge in [-0.05, 0) is 43.6 Å². The predicted molar refractivity (Wildman–Crippen MR) is 90.8 cm³/mol. The normalized spacial score (nSPS) is 29.8. The van der Waals surface area contributed by atoms with E-state index in [1.54, 1.807) is 11.3 Å². The molecule has 2 saturated heterocycles. The summed E-state index contributed by atoms with van der Waals surface area (Å²) >= 11 is 3.82. The van der Waals surface area contributed by atoms with Gasteiger partial charge in [-0.15, -0.1) is 11.3 Å². The molecule has 3 atom stereocenters. The van der Waals surface area contributed by atoms with Crippen molar-refractivity contribution in [2.75, 3.05) is 12.3 Å². The van der Waals surface area contributed by atoms with E-state index in [9.17, 15) is 4.79 Å². The van der Waals surface area contributed by atoms with E-state index in [0.717, 1.165) is 6.54 Å². The number of hydrogen-bond acceptors (Lipinski definition) is 4. The van der Waals surface area contributed by atoms with E-state index in [0.29, 0.717) is 11.2 Å². The number of aryl methyl sites for hydroxylation is 1. The van der Waals surface area contributed by atoms with Gasteiger partial charge in [-0.25, -0.2) is 0 Å². The molecule has 21 heavy (non-hydrogen) atoms. The Morgan fingerprint density at radius 3 is 2.81 bits per heavy atom. The fraction of sp³-hybridized carbons (Fsp3) is 0.688. The second kappa shape index (κ2) is 6.31. The van der Waals surface area contributed by atoms with Crippen LogP contribution in [0.15, 0.2) is 12.1 Å². The molecule has 0 spiro atoms. The molecule has 3 heterocycles. The molecule has 1 N–H and O–H groups in total. The molecular weight excluding hydrogens is 300 g/mol. The Morgan fingerprint density at radius 2 is 2.24 bits per heavy atom. The molecule has 0 saturated carbocycles. The quantitative estimate of drug-likeness (QED) is 0.921. The molecular formula is C16H24N2OS2. The lowest BCUT2D eigenvalue weighted by molar-refractivity contribution is -0.130. The van der Waals surface area contributed by atoms with Gasteiger partial charge in [0.05, 0.1) is 6.04 Å². The smallest absolute Gasteiger partial charge is 0.241 e. The van der Waals surface area contributed by atoms with Crippen LogP contribution < -0.4 is 5.32 Å². The summed E-state index contributed by atoms with van der Waals surface area (Å²) in [6.07, 6.45) is 2.61. The molecule has 0 radical (unpaired) electrons. The lowest BCUT2D eigenvalue weighted by Crippen LogP contribution is -2.37. The lowest BCUT2D eigenvalue weighted by atomic mass is 10.1. The van der Waals surface area contributed by atoms with E-state index in [1.807, 2.05) is 11.8 Å². The van der Waals surface area contributed by atoms with Crippen molar-refractivity contribution in [1.82, 2.24) is 10.2 Å². The molecule has 0 aliphatic carbocycles. The molecule has 1 amide bonds. The van der Waals surface area contributed by atoms with Crippen LogP contribution in [0.25, 0.3) is 0 Å². The summed E-state index contributed by atoms with van der Waals surface area (Å²) in [5, 5.41) is 4.19. The maximum absolute atomic E-state index is 12.8. The van der Waals surface area contributed by atoms with Crippen LogP contribution in [0.3, 0.4) is 0 Å². The van der Waals surface area contributed by atoms with Crippen molar-refractivity contribution in [1.29, 1.82) is 0 Å². The first-order chi connectivity index (χ1) is 10.1. The highest BCUT2D eigenvalue weighted by Gasteiger charge is 2.42. The van der Waals surface area contributed by atoms with Crippen molar-refractivity contribution < 1.29 is 4.79 Å². The molecule has 2 aliphatic rings. The summed E-state index contributed by atoms with van der Waals surface area (Å²) in [6.45, 7) is 7.27. The summed E-state index contributed by atoms with van der Waals surface area (Å²) in [6, 6.07) is 4.28. The highest BCUT2D eigenvalue weighted by molar-refractivity contribution is 8.00. The van der Waals surface area contributed by atoms with E-state index in [4.69, 9.17) is 0 Å². The third-order valence-corrected chi connectivity index (χ3v) is 6.75. The largest absolute Gasteiger partial charge is 0.320 e. The van der Waals surface area contributed by atoms with Gasteiger partial charge in [-0.2, -0.15) is 11.8 Å². The number of carbonyl (C=O) groups excluding carboxylic acids is 1. The van der Waals surface area contributed by atoms with E-state index >= 15 is 0 Å². The molecule has 0 aromatic carbocycles. The number of thiophene rings is 1. The average molecular weight is 325 g/mol. The highest BCUT2D eigenvalue weighted by Crippen LogP contribution is 2.35. The molecule has 5 heteroatoms. The van der Waals surface area contributed by atoms with Crippen molar-refractivity contribution in [2.45, 2.75) is 51.1 Å². The van der Waals surface area contributed by atoms with Gasteiger partial charge < -0.3 is 4.90 Å². The molecule has 1 aromatic heterocycles. The first kappa shape index (κ1) is 15.4. The van der Waals surface area contributed by atoms with Gasteiger partial charge in [0.1, 0.15) is 6.17 Å². The minimum absolute atomic E-state index is 0.0381. The summed E-state index contributed by atoms with van der Waals surface area (Å²) in [5.74, 6) is 1.87. The topological polar surface area (TPSA) is 32.3 Å².